The largest absolute Gasteiger partial charge is 0.442 e. The molecule has 1 heterocycles. The third kappa shape index (κ3) is 10.4. The molecule has 0 spiro atoms. The molecule has 2 N–H and O–H groups in total. The van der Waals surface area contributed by atoms with E-state index in [1.165, 1.54) is 19.3 Å². The monoisotopic (exact) mass is 454 g/mol. The maximum Gasteiger partial charge on any atom is 0.396 e. The van der Waals surface area contributed by atoms with Gasteiger partial charge < -0.3 is 24.4 Å². The standard InChI is InChI=1S/C24H38O8/c1-2-3-4-5-6-7-8-9-10-11-12-13-14-15-16-17-21(27)31-24(19-26)23(29)30-20(18-25)22(28)32-24/h6-7,9-10,20,25-26H,2-5,8,11-19H2,1H3/b7-6-,10-9-. The first-order valence-electron chi connectivity index (χ1n) is 11.7. The quantitative estimate of drug-likeness (QED) is 0.195. The van der Waals surface area contributed by atoms with Gasteiger partial charge in [0, 0.05) is 6.42 Å². The van der Waals surface area contributed by atoms with E-state index in [0.717, 1.165) is 44.9 Å². The molecule has 8 heteroatoms. The second-order valence-electron chi connectivity index (χ2n) is 7.86. The van der Waals surface area contributed by atoms with Crippen molar-refractivity contribution in [1.82, 2.24) is 0 Å². The molecule has 0 bridgehead atoms. The van der Waals surface area contributed by atoms with Gasteiger partial charge in [0.15, 0.2) is 0 Å². The number of hydrogen-bond acceptors (Lipinski definition) is 8. The fourth-order valence-corrected chi connectivity index (χ4v) is 3.16. The molecule has 2 unspecified atom stereocenters. The van der Waals surface area contributed by atoms with Crippen molar-refractivity contribution in [2.45, 2.75) is 95.9 Å². The molecule has 1 aliphatic rings. The van der Waals surface area contributed by atoms with Gasteiger partial charge in [-0.25, -0.2) is 9.59 Å². The number of esters is 3. The fraction of sp³-hybridized carbons (Fsp3) is 0.708. The summed E-state index contributed by atoms with van der Waals surface area (Å²) in [4.78, 5) is 35.6. The predicted octanol–water partition coefficient (Wildman–Crippen LogP) is 3.49. The number of aliphatic hydroxyl groups excluding tert-OH is 2. The minimum Gasteiger partial charge on any atom is -0.442 e. The van der Waals surface area contributed by atoms with E-state index < -0.39 is 43.0 Å². The third-order valence-corrected chi connectivity index (χ3v) is 5.07. The molecule has 1 saturated heterocycles. The Balaban J connectivity index is 2.12. The normalized spacial score (nSPS) is 21.2. The summed E-state index contributed by atoms with van der Waals surface area (Å²) < 4.78 is 14.4. The SMILES string of the molecule is CCCCC/C=C\C/C=C\CCCCCCCC(=O)OC1(CO)OC(=O)C(CO)OC1=O. The lowest BCUT2D eigenvalue weighted by Crippen LogP contribution is -2.59. The number of aliphatic hydroxyl groups is 2. The summed E-state index contributed by atoms with van der Waals surface area (Å²) in [7, 11) is 0. The average Bonchev–Trinajstić information content (AvgIpc) is 2.78. The molecule has 0 aromatic heterocycles. The van der Waals surface area contributed by atoms with Crippen molar-refractivity contribution in [2.75, 3.05) is 13.2 Å². The molecular weight excluding hydrogens is 416 g/mol. The molecule has 0 aliphatic carbocycles. The van der Waals surface area contributed by atoms with E-state index in [9.17, 15) is 19.5 Å². The van der Waals surface area contributed by atoms with Gasteiger partial charge in [-0.15, -0.1) is 0 Å². The lowest BCUT2D eigenvalue weighted by molar-refractivity contribution is -0.271. The van der Waals surface area contributed by atoms with Crippen LogP contribution in [0, 0.1) is 0 Å². The molecule has 0 aromatic carbocycles. The molecule has 0 radical (unpaired) electrons. The topological polar surface area (TPSA) is 119 Å². The predicted molar refractivity (Wildman–Crippen MR) is 118 cm³/mol. The van der Waals surface area contributed by atoms with Gasteiger partial charge in [-0.05, 0) is 38.5 Å². The van der Waals surface area contributed by atoms with Gasteiger partial charge in [-0.1, -0.05) is 63.3 Å². The van der Waals surface area contributed by atoms with Crippen molar-refractivity contribution in [3.05, 3.63) is 24.3 Å². The zero-order valence-electron chi connectivity index (χ0n) is 19.1. The molecule has 2 atom stereocenters. The highest BCUT2D eigenvalue weighted by Crippen LogP contribution is 2.24. The molecule has 8 nitrogen and oxygen atoms in total. The summed E-state index contributed by atoms with van der Waals surface area (Å²) in [5.74, 6) is -5.55. The van der Waals surface area contributed by atoms with Crippen LogP contribution in [0.2, 0.25) is 0 Å². The molecule has 1 aliphatic heterocycles. The van der Waals surface area contributed by atoms with Crippen molar-refractivity contribution in [3.8, 4) is 0 Å². The van der Waals surface area contributed by atoms with Crippen LogP contribution in [0.3, 0.4) is 0 Å². The molecule has 0 saturated carbocycles. The highest BCUT2D eigenvalue weighted by molar-refractivity contribution is 5.91. The smallest absolute Gasteiger partial charge is 0.396 e. The Labute approximate surface area is 190 Å². The molecular formula is C24H38O8. The molecule has 0 aromatic rings. The van der Waals surface area contributed by atoms with E-state index >= 15 is 0 Å². The Morgan fingerprint density at radius 3 is 2.22 bits per heavy atom. The number of rotatable bonds is 17. The molecule has 182 valence electrons. The van der Waals surface area contributed by atoms with Crippen LogP contribution in [0.15, 0.2) is 24.3 Å². The van der Waals surface area contributed by atoms with Gasteiger partial charge in [0.05, 0.1) is 6.61 Å². The summed E-state index contributed by atoms with van der Waals surface area (Å²) in [6.07, 6.45) is 18.9. The van der Waals surface area contributed by atoms with E-state index in [2.05, 4.69) is 36.0 Å². The number of allylic oxidation sites excluding steroid dienone is 4. The zero-order chi connectivity index (χ0) is 23.7. The van der Waals surface area contributed by atoms with E-state index in [0.29, 0.717) is 6.42 Å². The average molecular weight is 455 g/mol. The van der Waals surface area contributed by atoms with Crippen LogP contribution in [0.25, 0.3) is 0 Å². The van der Waals surface area contributed by atoms with Crippen molar-refractivity contribution in [2.24, 2.45) is 0 Å². The number of ether oxygens (including phenoxy) is 3. The first-order valence-corrected chi connectivity index (χ1v) is 11.7. The third-order valence-electron chi connectivity index (χ3n) is 5.07. The minimum absolute atomic E-state index is 0.0283. The van der Waals surface area contributed by atoms with E-state index in [-0.39, 0.29) is 6.42 Å². The zero-order valence-corrected chi connectivity index (χ0v) is 19.1. The van der Waals surface area contributed by atoms with Crippen LogP contribution in [-0.4, -0.2) is 53.2 Å². The van der Waals surface area contributed by atoms with E-state index in [4.69, 9.17) is 14.6 Å². The highest BCUT2D eigenvalue weighted by Gasteiger charge is 2.54. The summed E-state index contributed by atoms with van der Waals surface area (Å²) in [6, 6.07) is 0. The molecule has 32 heavy (non-hydrogen) atoms. The van der Waals surface area contributed by atoms with E-state index in [1.54, 1.807) is 0 Å². The summed E-state index contributed by atoms with van der Waals surface area (Å²) in [5.41, 5.74) is 0. The van der Waals surface area contributed by atoms with Gasteiger partial charge in [0.25, 0.3) is 0 Å². The van der Waals surface area contributed by atoms with Gasteiger partial charge in [0.1, 0.15) is 6.61 Å². The van der Waals surface area contributed by atoms with Crippen molar-refractivity contribution < 1.29 is 38.8 Å². The fourth-order valence-electron chi connectivity index (χ4n) is 3.16. The van der Waals surface area contributed by atoms with Gasteiger partial charge in [-0.3, -0.25) is 4.79 Å². The van der Waals surface area contributed by atoms with Crippen LogP contribution in [-0.2, 0) is 28.6 Å². The van der Waals surface area contributed by atoms with Crippen LogP contribution < -0.4 is 0 Å². The minimum atomic E-state index is -2.49. The number of carbonyl (C=O) groups is 3. The van der Waals surface area contributed by atoms with Crippen LogP contribution in [0.1, 0.15) is 84.0 Å². The Morgan fingerprint density at radius 1 is 0.969 bits per heavy atom. The highest BCUT2D eigenvalue weighted by atomic mass is 16.8. The number of unbranched alkanes of at least 4 members (excludes halogenated alkanes) is 8. The lowest BCUT2D eigenvalue weighted by atomic mass is 10.1. The maximum atomic E-state index is 12.0. The second-order valence-corrected chi connectivity index (χ2v) is 7.86. The van der Waals surface area contributed by atoms with Crippen LogP contribution >= 0.6 is 0 Å². The Bertz CT molecular complexity index is 627. The Morgan fingerprint density at radius 2 is 1.59 bits per heavy atom. The second kappa shape index (κ2) is 16.4. The maximum absolute atomic E-state index is 12.0. The van der Waals surface area contributed by atoms with Crippen LogP contribution in [0.4, 0.5) is 0 Å². The van der Waals surface area contributed by atoms with Gasteiger partial charge in [0.2, 0.25) is 6.10 Å². The molecule has 1 rings (SSSR count). The van der Waals surface area contributed by atoms with Crippen molar-refractivity contribution in [3.63, 3.8) is 0 Å². The first kappa shape index (κ1) is 27.8. The Hall–Kier alpha value is -2.19. The van der Waals surface area contributed by atoms with Gasteiger partial charge in [-0.2, -0.15) is 0 Å². The Kier molecular flexibility index (Phi) is 14.3. The first-order chi connectivity index (χ1) is 15.5. The van der Waals surface area contributed by atoms with Crippen molar-refractivity contribution in [1.29, 1.82) is 0 Å². The van der Waals surface area contributed by atoms with Gasteiger partial charge >= 0.3 is 23.7 Å². The summed E-state index contributed by atoms with van der Waals surface area (Å²) >= 11 is 0. The van der Waals surface area contributed by atoms with E-state index in [1.807, 2.05) is 0 Å². The number of carbonyl (C=O) groups excluding carboxylic acids is 3. The number of hydrogen-bond donors (Lipinski definition) is 2. The summed E-state index contributed by atoms with van der Waals surface area (Å²) in [5, 5.41) is 18.4. The molecule has 1 fully saturated rings. The number of cyclic esters (lactones) is 2. The van der Waals surface area contributed by atoms with Crippen LogP contribution in [0.5, 0.6) is 0 Å². The van der Waals surface area contributed by atoms with Crippen molar-refractivity contribution >= 4 is 17.9 Å². The summed E-state index contributed by atoms with van der Waals surface area (Å²) in [6.45, 7) is 0.397. The lowest BCUT2D eigenvalue weighted by Gasteiger charge is -2.34. The molecule has 0 amide bonds.